The summed E-state index contributed by atoms with van der Waals surface area (Å²) >= 11 is 0. The summed E-state index contributed by atoms with van der Waals surface area (Å²) in [6, 6.07) is 8.14. The van der Waals surface area contributed by atoms with E-state index in [2.05, 4.69) is 17.3 Å². The molecule has 1 atom stereocenters. The molecule has 0 unspecified atom stereocenters. The van der Waals surface area contributed by atoms with Gasteiger partial charge in [-0.05, 0) is 30.5 Å². The number of aromatic nitrogens is 1. The van der Waals surface area contributed by atoms with Gasteiger partial charge in [0.15, 0.2) is 0 Å². The highest BCUT2D eigenvalue weighted by molar-refractivity contribution is 5.65. The number of rotatable bonds is 3. The Morgan fingerprint density at radius 3 is 3.06 bits per heavy atom. The van der Waals surface area contributed by atoms with Crippen LogP contribution in [0.1, 0.15) is 23.7 Å². The number of nitrogens with two attached hydrogens (primary N) is 1. The maximum absolute atomic E-state index is 5.79. The molecular formula is C14H16N2O2. The van der Waals surface area contributed by atoms with Gasteiger partial charge in [-0.3, -0.25) is 0 Å². The van der Waals surface area contributed by atoms with Crippen molar-refractivity contribution in [1.29, 1.82) is 0 Å². The van der Waals surface area contributed by atoms with E-state index in [1.54, 1.807) is 6.26 Å². The van der Waals surface area contributed by atoms with Gasteiger partial charge in [-0.1, -0.05) is 23.4 Å². The van der Waals surface area contributed by atoms with E-state index < -0.39 is 0 Å². The number of hydrogen-bond donors (Lipinski definition) is 1. The molecule has 1 aromatic heterocycles. The quantitative estimate of drug-likeness (QED) is 0.900. The molecule has 18 heavy (non-hydrogen) atoms. The molecule has 1 aromatic carbocycles. The van der Waals surface area contributed by atoms with Gasteiger partial charge in [0.05, 0.1) is 12.7 Å². The molecule has 0 radical (unpaired) electrons. The third kappa shape index (κ3) is 1.94. The number of ether oxygens (including phenoxy) is 1. The molecule has 1 aliphatic heterocycles. The molecule has 4 nitrogen and oxygen atoms in total. The van der Waals surface area contributed by atoms with Crippen LogP contribution in [0.15, 0.2) is 35.1 Å². The van der Waals surface area contributed by atoms with Crippen LogP contribution in [-0.2, 0) is 11.2 Å². The number of nitrogens with zero attached hydrogens (tertiary/aromatic N) is 1. The molecule has 0 fully saturated rings. The summed E-state index contributed by atoms with van der Waals surface area (Å²) in [5.74, 6) is 0. The Morgan fingerprint density at radius 2 is 2.28 bits per heavy atom. The standard InChI is InChI=1S/C14H16N2O2/c15-7-4-14-12-3-1-2-11(10(12)5-8-17-14)13-6-9-18-16-13/h1-3,6,9,14H,4-5,7-8,15H2/t14-/m0/s1. The molecule has 2 N–H and O–H groups in total. The van der Waals surface area contributed by atoms with Gasteiger partial charge in [0.1, 0.15) is 12.0 Å². The summed E-state index contributed by atoms with van der Waals surface area (Å²) in [6.07, 6.45) is 3.49. The van der Waals surface area contributed by atoms with Crippen molar-refractivity contribution in [2.24, 2.45) is 5.73 Å². The average molecular weight is 244 g/mol. The Morgan fingerprint density at radius 1 is 1.33 bits per heavy atom. The third-order valence-corrected chi connectivity index (χ3v) is 3.37. The molecule has 94 valence electrons. The number of benzene rings is 1. The van der Waals surface area contributed by atoms with Crippen LogP contribution in [0.3, 0.4) is 0 Å². The SMILES string of the molecule is NCC[C@@H]1OCCc2c(-c3ccon3)cccc21. The number of fused-ring (bicyclic) bond motifs is 1. The van der Waals surface area contributed by atoms with Crippen LogP contribution in [-0.4, -0.2) is 18.3 Å². The molecular weight excluding hydrogens is 228 g/mol. The van der Waals surface area contributed by atoms with E-state index in [9.17, 15) is 0 Å². The minimum absolute atomic E-state index is 0.116. The highest BCUT2D eigenvalue weighted by Crippen LogP contribution is 2.35. The first-order chi connectivity index (χ1) is 8.90. The second-order valence-electron chi connectivity index (χ2n) is 4.44. The molecule has 4 heteroatoms. The fourth-order valence-corrected chi connectivity index (χ4v) is 2.56. The van der Waals surface area contributed by atoms with Crippen molar-refractivity contribution in [3.8, 4) is 11.3 Å². The molecule has 0 aliphatic carbocycles. The second-order valence-corrected chi connectivity index (χ2v) is 4.44. The lowest BCUT2D eigenvalue weighted by Gasteiger charge is -2.27. The van der Waals surface area contributed by atoms with E-state index in [4.69, 9.17) is 15.0 Å². The normalized spacial score (nSPS) is 18.6. The van der Waals surface area contributed by atoms with E-state index in [-0.39, 0.29) is 6.10 Å². The molecule has 0 spiro atoms. The van der Waals surface area contributed by atoms with Crippen molar-refractivity contribution >= 4 is 0 Å². The van der Waals surface area contributed by atoms with Gasteiger partial charge in [-0.2, -0.15) is 0 Å². The van der Waals surface area contributed by atoms with Crippen LogP contribution in [0, 0.1) is 0 Å². The molecule has 3 rings (SSSR count). The second kappa shape index (κ2) is 4.92. The van der Waals surface area contributed by atoms with Crippen molar-refractivity contribution in [1.82, 2.24) is 5.16 Å². The summed E-state index contributed by atoms with van der Waals surface area (Å²) in [7, 11) is 0. The molecule has 0 bridgehead atoms. The maximum Gasteiger partial charge on any atom is 0.124 e. The predicted octanol–water partition coefficient (Wildman–Crippen LogP) is 2.30. The van der Waals surface area contributed by atoms with Crippen molar-refractivity contribution in [2.45, 2.75) is 18.9 Å². The Kier molecular flexibility index (Phi) is 3.13. The zero-order chi connectivity index (χ0) is 12.4. The average Bonchev–Trinajstić information content (AvgIpc) is 2.93. The largest absolute Gasteiger partial charge is 0.373 e. The third-order valence-electron chi connectivity index (χ3n) is 3.37. The predicted molar refractivity (Wildman–Crippen MR) is 68.0 cm³/mol. The van der Waals surface area contributed by atoms with Crippen LogP contribution >= 0.6 is 0 Å². The van der Waals surface area contributed by atoms with E-state index in [1.165, 1.54) is 11.1 Å². The van der Waals surface area contributed by atoms with Crippen molar-refractivity contribution in [3.63, 3.8) is 0 Å². The minimum atomic E-state index is 0.116. The lowest BCUT2D eigenvalue weighted by molar-refractivity contribution is 0.0384. The van der Waals surface area contributed by atoms with Crippen molar-refractivity contribution in [2.75, 3.05) is 13.2 Å². The van der Waals surface area contributed by atoms with Crippen LogP contribution in [0.25, 0.3) is 11.3 Å². The Hall–Kier alpha value is -1.65. The molecule has 1 aliphatic rings. The van der Waals surface area contributed by atoms with Gasteiger partial charge in [-0.25, -0.2) is 0 Å². The first kappa shape index (κ1) is 11.4. The maximum atomic E-state index is 5.79. The lowest BCUT2D eigenvalue weighted by atomic mass is 9.90. The minimum Gasteiger partial charge on any atom is -0.373 e. The van der Waals surface area contributed by atoms with Crippen LogP contribution < -0.4 is 5.73 Å². The van der Waals surface area contributed by atoms with Gasteiger partial charge in [0, 0.05) is 11.6 Å². The van der Waals surface area contributed by atoms with Crippen LogP contribution in [0.2, 0.25) is 0 Å². The van der Waals surface area contributed by atoms with Gasteiger partial charge in [0.2, 0.25) is 0 Å². The highest BCUT2D eigenvalue weighted by atomic mass is 16.5. The number of hydrogen-bond acceptors (Lipinski definition) is 4. The monoisotopic (exact) mass is 244 g/mol. The zero-order valence-corrected chi connectivity index (χ0v) is 10.1. The summed E-state index contributed by atoms with van der Waals surface area (Å²) in [5.41, 5.74) is 10.2. The van der Waals surface area contributed by atoms with E-state index >= 15 is 0 Å². The fraction of sp³-hybridized carbons (Fsp3) is 0.357. The zero-order valence-electron chi connectivity index (χ0n) is 10.1. The summed E-state index contributed by atoms with van der Waals surface area (Å²) < 4.78 is 10.7. The smallest absolute Gasteiger partial charge is 0.124 e. The first-order valence-electron chi connectivity index (χ1n) is 6.24. The van der Waals surface area contributed by atoms with Gasteiger partial charge < -0.3 is 15.0 Å². The Bertz CT molecular complexity index is 523. The highest BCUT2D eigenvalue weighted by Gasteiger charge is 2.23. The van der Waals surface area contributed by atoms with Crippen LogP contribution in [0.4, 0.5) is 0 Å². The van der Waals surface area contributed by atoms with E-state index in [1.807, 2.05) is 12.1 Å². The molecule has 0 saturated heterocycles. The summed E-state index contributed by atoms with van der Waals surface area (Å²) in [5, 5.41) is 4.03. The van der Waals surface area contributed by atoms with E-state index in [0.717, 1.165) is 30.7 Å². The fourth-order valence-electron chi connectivity index (χ4n) is 2.56. The van der Waals surface area contributed by atoms with Gasteiger partial charge >= 0.3 is 0 Å². The van der Waals surface area contributed by atoms with Gasteiger partial charge in [-0.15, -0.1) is 0 Å². The first-order valence-corrected chi connectivity index (χ1v) is 6.24. The summed E-state index contributed by atoms with van der Waals surface area (Å²) in [4.78, 5) is 0. The Balaban J connectivity index is 2.06. The van der Waals surface area contributed by atoms with E-state index in [0.29, 0.717) is 6.54 Å². The summed E-state index contributed by atoms with van der Waals surface area (Å²) in [6.45, 7) is 1.38. The van der Waals surface area contributed by atoms with Crippen molar-refractivity contribution in [3.05, 3.63) is 41.7 Å². The molecule has 0 saturated carbocycles. The molecule has 2 heterocycles. The molecule has 0 amide bonds. The van der Waals surface area contributed by atoms with Crippen LogP contribution in [0.5, 0.6) is 0 Å². The lowest BCUT2D eigenvalue weighted by Crippen LogP contribution is -2.19. The molecule has 2 aromatic rings. The Labute approximate surface area is 106 Å². The van der Waals surface area contributed by atoms with Gasteiger partial charge in [0.25, 0.3) is 0 Å². The van der Waals surface area contributed by atoms with Crippen molar-refractivity contribution < 1.29 is 9.26 Å². The topological polar surface area (TPSA) is 61.3 Å².